The molecule has 0 aliphatic heterocycles. The average molecular weight is 167 g/mol. The molecule has 2 nitrogen and oxygen atoms in total. The van der Waals surface area contributed by atoms with E-state index in [-0.39, 0.29) is 0 Å². The minimum absolute atomic E-state index is 0.571. The van der Waals surface area contributed by atoms with Gasteiger partial charge in [-0.05, 0) is 18.6 Å². The Morgan fingerprint density at radius 2 is 2.36 bits per heavy atom. The number of nitrogens with zero attached hydrogens (tertiary/aromatic N) is 1. The summed E-state index contributed by atoms with van der Waals surface area (Å²) in [6, 6.07) is 1.91. The molecule has 3 heteroatoms. The zero-order chi connectivity index (χ0) is 7.84. The summed E-state index contributed by atoms with van der Waals surface area (Å²) in [5, 5.41) is 1.59. The van der Waals surface area contributed by atoms with Crippen LogP contribution < -0.4 is 0 Å². The highest BCUT2D eigenvalue weighted by Crippen LogP contribution is 2.23. The van der Waals surface area contributed by atoms with Crippen LogP contribution in [-0.2, 0) is 0 Å². The molecule has 0 amide bonds. The number of fused-ring (bicyclic) bond motifs is 1. The normalized spacial score (nSPS) is 10.7. The predicted octanol–water partition coefficient (Wildman–Crippen LogP) is 2.52. The first-order chi connectivity index (χ1) is 5.29. The number of rotatable bonds is 0. The molecule has 0 radical (unpaired) electrons. The summed E-state index contributed by atoms with van der Waals surface area (Å²) < 4.78 is 0. The Morgan fingerprint density at radius 1 is 1.55 bits per heavy atom. The lowest BCUT2D eigenvalue weighted by Gasteiger charge is -1.92. The number of aromatic amines is 1. The van der Waals surface area contributed by atoms with Crippen LogP contribution in [0.1, 0.15) is 5.56 Å². The molecule has 0 aliphatic rings. The predicted molar refractivity (Wildman–Crippen MR) is 45.8 cm³/mol. The summed E-state index contributed by atoms with van der Waals surface area (Å²) in [6.07, 6.45) is 3.62. The molecule has 0 bridgehead atoms. The Labute approximate surface area is 69.2 Å². The van der Waals surface area contributed by atoms with Gasteiger partial charge in [-0.15, -0.1) is 0 Å². The third kappa shape index (κ3) is 0.906. The Morgan fingerprint density at radius 3 is 3.09 bits per heavy atom. The lowest BCUT2D eigenvalue weighted by molar-refractivity contribution is 1.35. The van der Waals surface area contributed by atoms with Crippen LogP contribution in [0.2, 0.25) is 5.15 Å². The van der Waals surface area contributed by atoms with E-state index in [1.807, 2.05) is 19.2 Å². The molecule has 0 fully saturated rings. The van der Waals surface area contributed by atoms with Crippen molar-refractivity contribution >= 4 is 22.5 Å². The summed E-state index contributed by atoms with van der Waals surface area (Å²) in [6.45, 7) is 2.01. The van der Waals surface area contributed by atoms with Gasteiger partial charge in [0.1, 0.15) is 5.15 Å². The fourth-order valence-corrected chi connectivity index (χ4v) is 1.50. The average Bonchev–Trinajstić information content (AvgIpc) is 2.34. The van der Waals surface area contributed by atoms with Crippen LogP contribution >= 0.6 is 11.6 Å². The molecule has 0 spiro atoms. The molecule has 0 aromatic carbocycles. The van der Waals surface area contributed by atoms with Gasteiger partial charge in [0.2, 0.25) is 0 Å². The second-order valence-electron chi connectivity index (χ2n) is 2.50. The molecular weight excluding hydrogens is 160 g/mol. The molecule has 0 saturated carbocycles. The van der Waals surface area contributed by atoms with Crippen LogP contribution in [0.25, 0.3) is 10.9 Å². The van der Waals surface area contributed by atoms with E-state index in [0.29, 0.717) is 5.15 Å². The fraction of sp³-hybridized carbons (Fsp3) is 0.125. The van der Waals surface area contributed by atoms with Gasteiger partial charge in [-0.25, -0.2) is 4.98 Å². The maximum atomic E-state index is 5.87. The molecule has 0 saturated heterocycles. The smallest absolute Gasteiger partial charge is 0.138 e. The van der Waals surface area contributed by atoms with Crippen LogP contribution in [0.5, 0.6) is 0 Å². The third-order valence-corrected chi connectivity index (χ3v) is 2.03. The van der Waals surface area contributed by atoms with Crippen LogP contribution in [0, 0.1) is 6.92 Å². The van der Waals surface area contributed by atoms with Gasteiger partial charge in [0.15, 0.2) is 0 Å². The van der Waals surface area contributed by atoms with E-state index in [4.69, 9.17) is 11.6 Å². The van der Waals surface area contributed by atoms with Crippen molar-refractivity contribution in [2.24, 2.45) is 0 Å². The minimum atomic E-state index is 0.571. The van der Waals surface area contributed by atoms with Gasteiger partial charge in [-0.2, -0.15) is 0 Å². The summed E-state index contributed by atoms with van der Waals surface area (Å²) in [4.78, 5) is 7.09. The molecule has 0 aliphatic carbocycles. The molecule has 0 atom stereocenters. The highest BCUT2D eigenvalue weighted by atomic mass is 35.5. The van der Waals surface area contributed by atoms with Crippen LogP contribution in [0.3, 0.4) is 0 Å². The zero-order valence-electron chi connectivity index (χ0n) is 6.06. The molecule has 11 heavy (non-hydrogen) atoms. The third-order valence-electron chi connectivity index (χ3n) is 1.74. The molecule has 2 heterocycles. The number of aromatic nitrogens is 2. The van der Waals surface area contributed by atoms with Crippen molar-refractivity contribution in [3.8, 4) is 0 Å². The van der Waals surface area contributed by atoms with Crippen LogP contribution in [0.15, 0.2) is 18.5 Å². The first-order valence-corrected chi connectivity index (χ1v) is 3.75. The highest BCUT2D eigenvalue weighted by Gasteiger charge is 2.02. The van der Waals surface area contributed by atoms with Gasteiger partial charge in [0.25, 0.3) is 0 Å². The Kier molecular flexibility index (Phi) is 1.36. The van der Waals surface area contributed by atoms with E-state index < -0.39 is 0 Å². The van der Waals surface area contributed by atoms with Crippen molar-refractivity contribution in [2.45, 2.75) is 6.92 Å². The molecule has 2 aromatic rings. The molecule has 2 aromatic heterocycles. The minimum Gasteiger partial charge on any atom is -0.361 e. The Hall–Kier alpha value is -1.02. The topological polar surface area (TPSA) is 28.7 Å². The van der Waals surface area contributed by atoms with Gasteiger partial charge in [0, 0.05) is 17.8 Å². The van der Waals surface area contributed by atoms with Crippen molar-refractivity contribution < 1.29 is 0 Å². The second-order valence-corrected chi connectivity index (χ2v) is 2.85. The monoisotopic (exact) mass is 166 g/mol. The number of hydrogen-bond donors (Lipinski definition) is 1. The quantitative estimate of drug-likeness (QED) is 0.599. The number of nitrogens with one attached hydrogen (secondary N) is 1. The maximum absolute atomic E-state index is 5.87. The number of hydrogen-bond acceptors (Lipinski definition) is 1. The zero-order valence-corrected chi connectivity index (χ0v) is 6.81. The van der Waals surface area contributed by atoms with Gasteiger partial charge in [-0.3, -0.25) is 0 Å². The number of pyridine rings is 1. The lowest BCUT2D eigenvalue weighted by atomic mass is 10.2. The molecular formula is C8H7ClN2. The summed E-state index contributed by atoms with van der Waals surface area (Å²) in [5.41, 5.74) is 2.18. The maximum Gasteiger partial charge on any atom is 0.138 e. The number of aryl methyl sites for hydroxylation is 1. The van der Waals surface area contributed by atoms with Crippen LogP contribution in [0.4, 0.5) is 0 Å². The summed E-state index contributed by atoms with van der Waals surface area (Å²) in [5.74, 6) is 0. The number of H-pyrrole nitrogens is 1. The SMILES string of the molecule is Cc1c[nH]c2ccnc(Cl)c12. The van der Waals surface area contributed by atoms with Gasteiger partial charge < -0.3 is 4.98 Å². The van der Waals surface area contributed by atoms with Crippen molar-refractivity contribution in [1.29, 1.82) is 0 Å². The number of halogens is 1. The summed E-state index contributed by atoms with van der Waals surface area (Å²) >= 11 is 5.87. The largest absolute Gasteiger partial charge is 0.361 e. The lowest BCUT2D eigenvalue weighted by Crippen LogP contribution is -1.75. The first kappa shape index (κ1) is 6.68. The van der Waals surface area contributed by atoms with Crippen molar-refractivity contribution in [2.75, 3.05) is 0 Å². The first-order valence-electron chi connectivity index (χ1n) is 3.37. The van der Waals surface area contributed by atoms with E-state index in [0.717, 1.165) is 16.5 Å². The van der Waals surface area contributed by atoms with Crippen molar-refractivity contribution in [3.63, 3.8) is 0 Å². The van der Waals surface area contributed by atoms with Crippen LogP contribution in [-0.4, -0.2) is 9.97 Å². The standard InChI is InChI=1S/C8H7ClN2/c1-5-4-11-6-2-3-10-8(9)7(5)6/h2-4,11H,1H3. The Balaban J connectivity index is 2.96. The molecule has 0 unspecified atom stereocenters. The van der Waals surface area contributed by atoms with Gasteiger partial charge in [0.05, 0.1) is 5.52 Å². The summed E-state index contributed by atoms with van der Waals surface area (Å²) in [7, 11) is 0. The van der Waals surface area contributed by atoms with Crippen molar-refractivity contribution in [1.82, 2.24) is 9.97 Å². The van der Waals surface area contributed by atoms with Crippen molar-refractivity contribution in [3.05, 3.63) is 29.2 Å². The Bertz CT molecular complexity index is 392. The molecule has 1 N–H and O–H groups in total. The molecule has 56 valence electrons. The van der Waals surface area contributed by atoms with Gasteiger partial charge >= 0.3 is 0 Å². The van der Waals surface area contributed by atoms with E-state index >= 15 is 0 Å². The molecule has 2 rings (SSSR count). The van der Waals surface area contributed by atoms with E-state index in [9.17, 15) is 0 Å². The van der Waals surface area contributed by atoms with Gasteiger partial charge in [-0.1, -0.05) is 11.6 Å². The van der Waals surface area contributed by atoms with E-state index in [2.05, 4.69) is 9.97 Å². The fourth-order valence-electron chi connectivity index (χ4n) is 1.19. The second kappa shape index (κ2) is 2.24. The van der Waals surface area contributed by atoms with E-state index in [1.165, 1.54) is 0 Å². The van der Waals surface area contributed by atoms with E-state index in [1.54, 1.807) is 6.20 Å². The highest BCUT2D eigenvalue weighted by molar-refractivity contribution is 6.34.